The Labute approximate surface area is 179 Å². The third-order valence-corrected chi connectivity index (χ3v) is 10.8. The molecule has 3 aromatic rings. The fourth-order valence-corrected chi connectivity index (χ4v) is 5.08. The fourth-order valence-electron chi connectivity index (χ4n) is 4.06. The monoisotopic (exact) mass is 421 g/mol. The second-order valence-corrected chi connectivity index (χ2v) is 15.2. The number of fused-ring (bicyclic) bond motifs is 5. The molecule has 0 bridgehead atoms. The summed E-state index contributed by atoms with van der Waals surface area (Å²) in [6, 6.07) is 9.82. The number of benzene rings is 2. The van der Waals surface area contributed by atoms with Crippen molar-refractivity contribution in [1.82, 2.24) is 0 Å². The zero-order valence-electron chi connectivity index (χ0n) is 19.2. The summed E-state index contributed by atoms with van der Waals surface area (Å²) >= 11 is 0. The molecule has 1 aromatic heterocycles. The summed E-state index contributed by atoms with van der Waals surface area (Å²) in [7, 11) is -2.07. The molecule has 0 atom stereocenters. The second kappa shape index (κ2) is 6.48. The van der Waals surface area contributed by atoms with Gasteiger partial charge in [0.2, 0.25) is 0 Å². The van der Waals surface area contributed by atoms with E-state index in [1.807, 2.05) is 24.3 Å². The summed E-state index contributed by atoms with van der Waals surface area (Å²) in [5.74, 6) is 0.790. The SMILES string of the molecule is CC1=CC(C)(C)Nc2ccc3c(c21)c(=O)oc1cccc(O[Si](C)(C)C(C)(C)C)c13. The van der Waals surface area contributed by atoms with E-state index in [4.69, 9.17) is 8.84 Å². The average molecular weight is 422 g/mol. The van der Waals surface area contributed by atoms with E-state index in [0.717, 1.165) is 33.3 Å². The Morgan fingerprint density at radius 1 is 1.07 bits per heavy atom. The van der Waals surface area contributed by atoms with Crippen LogP contribution in [0.1, 0.15) is 47.1 Å². The van der Waals surface area contributed by atoms with Crippen LogP contribution in [0.15, 0.2) is 45.6 Å². The van der Waals surface area contributed by atoms with E-state index in [9.17, 15) is 4.79 Å². The van der Waals surface area contributed by atoms with Gasteiger partial charge in [-0.05, 0) is 62.7 Å². The lowest BCUT2D eigenvalue weighted by Crippen LogP contribution is -2.43. The molecule has 1 aliphatic heterocycles. The molecule has 1 N–H and O–H groups in total. The Balaban J connectivity index is 2.06. The molecule has 5 heteroatoms. The first kappa shape index (κ1) is 20.7. The van der Waals surface area contributed by atoms with E-state index in [2.05, 4.69) is 72.1 Å². The number of hydrogen-bond acceptors (Lipinski definition) is 4. The van der Waals surface area contributed by atoms with E-state index < -0.39 is 8.32 Å². The van der Waals surface area contributed by atoms with Gasteiger partial charge in [-0.2, -0.15) is 0 Å². The van der Waals surface area contributed by atoms with Crippen molar-refractivity contribution in [2.24, 2.45) is 0 Å². The van der Waals surface area contributed by atoms with Crippen LogP contribution in [0.2, 0.25) is 18.1 Å². The molecule has 0 radical (unpaired) electrons. The zero-order valence-corrected chi connectivity index (χ0v) is 20.2. The van der Waals surface area contributed by atoms with Gasteiger partial charge in [-0.15, -0.1) is 0 Å². The molecular weight excluding hydrogens is 390 g/mol. The number of rotatable bonds is 2. The van der Waals surface area contributed by atoms with Crippen molar-refractivity contribution in [2.45, 2.75) is 65.2 Å². The molecule has 0 saturated carbocycles. The van der Waals surface area contributed by atoms with E-state index in [1.54, 1.807) is 0 Å². The summed E-state index contributed by atoms with van der Waals surface area (Å²) < 4.78 is 12.5. The van der Waals surface area contributed by atoms with Crippen molar-refractivity contribution >= 4 is 41.3 Å². The lowest BCUT2D eigenvalue weighted by molar-refractivity contribution is 0.495. The molecule has 4 nitrogen and oxygen atoms in total. The molecule has 2 aromatic carbocycles. The van der Waals surface area contributed by atoms with Gasteiger partial charge >= 0.3 is 5.63 Å². The van der Waals surface area contributed by atoms with Gasteiger partial charge in [-0.25, -0.2) is 4.79 Å². The van der Waals surface area contributed by atoms with Crippen LogP contribution in [0.25, 0.3) is 27.3 Å². The lowest BCUT2D eigenvalue weighted by Gasteiger charge is -2.36. The Kier molecular flexibility index (Phi) is 4.48. The van der Waals surface area contributed by atoms with Gasteiger partial charge in [-0.1, -0.05) is 39.0 Å². The lowest BCUT2D eigenvalue weighted by atomic mass is 9.88. The molecule has 0 unspecified atom stereocenters. The molecule has 30 heavy (non-hydrogen) atoms. The van der Waals surface area contributed by atoms with Gasteiger partial charge in [0, 0.05) is 16.6 Å². The number of anilines is 1. The standard InChI is InChI=1S/C25H31NO3Si/c1-15-14-25(5,6)26-17-13-12-16-21-18(28-23(27)22(16)20(15)17)10-9-11-19(21)29-30(7,8)24(2,3)4/h9-14,26H,1-8H3. The predicted molar refractivity (Wildman–Crippen MR) is 129 cm³/mol. The Morgan fingerprint density at radius 2 is 1.77 bits per heavy atom. The van der Waals surface area contributed by atoms with Crippen molar-refractivity contribution < 1.29 is 8.84 Å². The van der Waals surface area contributed by atoms with Crippen molar-refractivity contribution in [3.8, 4) is 5.75 Å². The minimum absolute atomic E-state index is 0.0641. The van der Waals surface area contributed by atoms with Crippen LogP contribution in [0.5, 0.6) is 5.75 Å². The topological polar surface area (TPSA) is 51.5 Å². The van der Waals surface area contributed by atoms with Crippen molar-refractivity contribution in [1.29, 1.82) is 0 Å². The highest BCUT2D eigenvalue weighted by atomic mass is 28.4. The summed E-state index contributed by atoms with van der Waals surface area (Å²) in [6.45, 7) is 17.4. The van der Waals surface area contributed by atoms with Gasteiger partial charge in [0.1, 0.15) is 11.3 Å². The first-order chi connectivity index (χ1) is 13.8. The largest absolute Gasteiger partial charge is 0.543 e. The first-order valence-corrected chi connectivity index (χ1v) is 13.4. The third kappa shape index (κ3) is 3.25. The number of nitrogens with one attached hydrogen (secondary N) is 1. The maximum absolute atomic E-state index is 13.1. The molecule has 4 rings (SSSR count). The minimum Gasteiger partial charge on any atom is -0.543 e. The van der Waals surface area contributed by atoms with E-state index in [-0.39, 0.29) is 16.2 Å². The summed E-state index contributed by atoms with van der Waals surface area (Å²) in [6.07, 6.45) is 2.16. The van der Waals surface area contributed by atoms with Crippen LogP contribution in [0, 0.1) is 0 Å². The summed E-state index contributed by atoms with van der Waals surface area (Å²) in [5, 5.41) is 5.95. The van der Waals surface area contributed by atoms with Crippen LogP contribution in [0.4, 0.5) is 5.69 Å². The van der Waals surface area contributed by atoms with Crippen molar-refractivity contribution in [2.75, 3.05) is 5.32 Å². The molecule has 2 heterocycles. The average Bonchev–Trinajstić information content (AvgIpc) is 2.59. The molecule has 0 amide bonds. The molecule has 0 saturated heterocycles. The second-order valence-electron chi connectivity index (χ2n) is 10.5. The minimum atomic E-state index is -2.07. The molecule has 1 aliphatic rings. The fraction of sp³-hybridized carbons (Fsp3) is 0.400. The Bertz CT molecular complexity index is 1260. The quantitative estimate of drug-likeness (QED) is 0.277. The highest BCUT2D eigenvalue weighted by molar-refractivity contribution is 6.74. The van der Waals surface area contributed by atoms with Crippen molar-refractivity contribution in [3.05, 3.63) is 52.4 Å². The normalized spacial score (nSPS) is 16.2. The highest BCUT2D eigenvalue weighted by Crippen LogP contribution is 2.43. The van der Waals surface area contributed by atoms with E-state index in [1.165, 1.54) is 0 Å². The van der Waals surface area contributed by atoms with Gasteiger partial charge in [-0.3, -0.25) is 0 Å². The number of allylic oxidation sites excluding steroid dienone is 1. The van der Waals surface area contributed by atoms with Gasteiger partial charge < -0.3 is 14.2 Å². The molecule has 0 spiro atoms. The Morgan fingerprint density at radius 3 is 2.43 bits per heavy atom. The zero-order chi connectivity index (χ0) is 22.1. The summed E-state index contributed by atoms with van der Waals surface area (Å²) in [5.41, 5.74) is 3.04. The van der Waals surface area contributed by atoms with Gasteiger partial charge in [0.05, 0.1) is 16.3 Å². The summed E-state index contributed by atoms with van der Waals surface area (Å²) in [4.78, 5) is 13.1. The molecule has 0 aliphatic carbocycles. The van der Waals surface area contributed by atoms with E-state index >= 15 is 0 Å². The smallest absolute Gasteiger partial charge is 0.344 e. The van der Waals surface area contributed by atoms with Gasteiger partial charge in [0.25, 0.3) is 8.32 Å². The van der Waals surface area contributed by atoms with Crippen LogP contribution in [-0.4, -0.2) is 13.9 Å². The number of hydrogen-bond donors (Lipinski definition) is 1. The van der Waals surface area contributed by atoms with Crippen LogP contribution in [-0.2, 0) is 0 Å². The van der Waals surface area contributed by atoms with Crippen LogP contribution in [0.3, 0.4) is 0 Å². The molecular formula is C25H31NO3Si. The first-order valence-electron chi connectivity index (χ1n) is 10.5. The van der Waals surface area contributed by atoms with Crippen molar-refractivity contribution in [3.63, 3.8) is 0 Å². The third-order valence-electron chi connectivity index (χ3n) is 6.47. The Hall–Kier alpha value is -2.53. The van der Waals surface area contributed by atoms with Crippen LogP contribution >= 0.6 is 0 Å². The predicted octanol–water partition coefficient (Wildman–Crippen LogP) is 6.94. The van der Waals surface area contributed by atoms with Crippen LogP contribution < -0.4 is 15.4 Å². The maximum atomic E-state index is 13.1. The van der Waals surface area contributed by atoms with Gasteiger partial charge in [0.15, 0.2) is 0 Å². The highest BCUT2D eigenvalue weighted by Gasteiger charge is 2.39. The maximum Gasteiger partial charge on any atom is 0.344 e. The molecule has 0 fully saturated rings. The molecule has 158 valence electrons. The van der Waals surface area contributed by atoms with E-state index in [0.29, 0.717) is 11.0 Å².